The van der Waals surface area contributed by atoms with Crippen molar-refractivity contribution in [3.8, 4) is 0 Å². The Morgan fingerprint density at radius 1 is 1.12 bits per heavy atom. The molecule has 0 spiro atoms. The van der Waals surface area contributed by atoms with Crippen LogP contribution in [0.1, 0.15) is 19.4 Å². The molecule has 0 bridgehead atoms. The van der Waals surface area contributed by atoms with E-state index in [-0.39, 0.29) is 0 Å². The van der Waals surface area contributed by atoms with Gasteiger partial charge in [-0.1, -0.05) is 38.1 Å². The summed E-state index contributed by atoms with van der Waals surface area (Å²) in [6.45, 7) is 9.51. The predicted molar refractivity (Wildman–Crippen MR) is 102 cm³/mol. The zero-order chi connectivity index (χ0) is 16.8. The average molecular weight is 340 g/mol. The molecule has 2 heterocycles. The third-order valence-corrected chi connectivity index (χ3v) is 5.32. The SMILES string of the molecule is CCN(CC)CCN1Cc2cccnc2SC1=Nc1ccccc1. The van der Waals surface area contributed by atoms with Gasteiger partial charge in [0.2, 0.25) is 0 Å². The topological polar surface area (TPSA) is 31.7 Å². The lowest BCUT2D eigenvalue weighted by molar-refractivity contribution is 0.265. The zero-order valence-electron chi connectivity index (χ0n) is 14.4. The highest BCUT2D eigenvalue weighted by molar-refractivity contribution is 8.13. The fourth-order valence-electron chi connectivity index (χ4n) is 2.74. The van der Waals surface area contributed by atoms with E-state index < -0.39 is 0 Å². The Morgan fingerprint density at radius 2 is 1.92 bits per heavy atom. The minimum atomic E-state index is 0.878. The Morgan fingerprint density at radius 3 is 2.67 bits per heavy atom. The Labute approximate surface area is 148 Å². The molecule has 0 radical (unpaired) electrons. The molecule has 4 nitrogen and oxygen atoms in total. The van der Waals surface area contributed by atoms with Crippen LogP contribution in [0.5, 0.6) is 0 Å². The third kappa shape index (κ3) is 4.16. The summed E-state index contributed by atoms with van der Waals surface area (Å²) in [5, 5.41) is 2.12. The summed E-state index contributed by atoms with van der Waals surface area (Å²) < 4.78 is 0. The second kappa shape index (κ2) is 8.31. The second-order valence-corrected chi connectivity index (χ2v) is 6.70. The fraction of sp³-hybridized carbons (Fsp3) is 0.368. The van der Waals surface area contributed by atoms with Crippen LogP contribution in [0.4, 0.5) is 5.69 Å². The number of amidine groups is 1. The van der Waals surface area contributed by atoms with Crippen LogP contribution in [-0.2, 0) is 6.54 Å². The summed E-state index contributed by atoms with van der Waals surface area (Å²) in [6, 6.07) is 14.3. The highest BCUT2D eigenvalue weighted by Gasteiger charge is 2.23. The number of rotatable bonds is 6. The number of fused-ring (bicyclic) bond motifs is 1. The summed E-state index contributed by atoms with van der Waals surface area (Å²) >= 11 is 1.67. The van der Waals surface area contributed by atoms with E-state index in [4.69, 9.17) is 4.99 Å². The molecule has 1 aliphatic rings. The maximum Gasteiger partial charge on any atom is 0.171 e. The molecule has 0 saturated heterocycles. The summed E-state index contributed by atoms with van der Waals surface area (Å²) in [6.07, 6.45) is 1.86. The first-order valence-electron chi connectivity index (χ1n) is 8.53. The van der Waals surface area contributed by atoms with E-state index in [1.54, 1.807) is 11.8 Å². The van der Waals surface area contributed by atoms with Gasteiger partial charge < -0.3 is 9.80 Å². The van der Waals surface area contributed by atoms with Crippen molar-refractivity contribution in [1.82, 2.24) is 14.8 Å². The number of hydrogen-bond acceptors (Lipinski definition) is 4. The van der Waals surface area contributed by atoms with E-state index in [1.165, 1.54) is 5.56 Å². The molecule has 0 amide bonds. The monoisotopic (exact) mass is 340 g/mol. The van der Waals surface area contributed by atoms with Gasteiger partial charge in [0, 0.05) is 31.4 Å². The van der Waals surface area contributed by atoms with Gasteiger partial charge in [-0.3, -0.25) is 0 Å². The predicted octanol–water partition coefficient (Wildman–Crippen LogP) is 4.02. The maximum absolute atomic E-state index is 4.88. The maximum atomic E-state index is 4.88. The number of para-hydroxylation sites is 1. The largest absolute Gasteiger partial charge is 0.345 e. The number of hydrogen-bond donors (Lipinski definition) is 0. The van der Waals surface area contributed by atoms with Crippen molar-refractivity contribution in [2.45, 2.75) is 25.4 Å². The van der Waals surface area contributed by atoms with Crippen molar-refractivity contribution in [3.05, 3.63) is 54.2 Å². The molecule has 1 aromatic heterocycles. The van der Waals surface area contributed by atoms with Gasteiger partial charge in [0.05, 0.1) is 5.69 Å². The molecule has 126 valence electrons. The minimum absolute atomic E-state index is 0.878. The second-order valence-electron chi connectivity index (χ2n) is 5.75. The molecule has 0 N–H and O–H groups in total. The molecule has 5 heteroatoms. The third-order valence-electron chi connectivity index (χ3n) is 4.23. The first-order chi connectivity index (χ1) is 11.8. The Balaban J connectivity index is 1.83. The number of pyridine rings is 1. The van der Waals surface area contributed by atoms with Gasteiger partial charge in [-0.2, -0.15) is 0 Å². The van der Waals surface area contributed by atoms with E-state index in [9.17, 15) is 0 Å². The molecule has 0 unspecified atom stereocenters. The number of aliphatic imine (C=N–C) groups is 1. The van der Waals surface area contributed by atoms with Crippen molar-refractivity contribution in [3.63, 3.8) is 0 Å². The smallest absolute Gasteiger partial charge is 0.171 e. The first-order valence-corrected chi connectivity index (χ1v) is 9.34. The molecule has 1 aliphatic heterocycles. The molecule has 0 fully saturated rings. The molecule has 0 atom stereocenters. The van der Waals surface area contributed by atoms with E-state index in [2.05, 4.69) is 34.7 Å². The molecule has 0 saturated carbocycles. The highest BCUT2D eigenvalue weighted by atomic mass is 32.2. The number of nitrogens with zero attached hydrogens (tertiary/aromatic N) is 4. The van der Waals surface area contributed by atoms with Crippen LogP contribution >= 0.6 is 11.8 Å². The molecular formula is C19H24N4S. The van der Waals surface area contributed by atoms with Gasteiger partial charge in [0.15, 0.2) is 5.17 Å². The zero-order valence-corrected chi connectivity index (χ0v) is 15.2. The summed E-state index contributed by atoms with van der Waals surface area (Å²) in [4.78, 5) is 14.2. The molecular weight excluding hydrogens is 316 g/mol. The van der Waals surface area contributed by atoms with Crippen LogP contribution in [0.15, 0.2) is 58.7 Å². The lowest BCUT2D eigenvalue weighted by Crippen LogP contribution is -2.39. The number of likely N-dealkylation sites (N-methyl/N-ethyl adjacent to an activating group) is 1. The van der Waals surface area contributed by atoms with Crippen LogP contribution in [0.3, 0.4) is 0 Å². The minimum Gasteiger partial charge on any atom is -0.345 e. The van der Waals surface area contributed by atoms with Gasteiger partial charge in [-0.15, -0.1) is 0 Å². The Kier molecular flexibility index (Phi) is 5.88. The molecule has 0 aliphatic carbocycles. The number of thioether (sulfide) groups is 1. The van der Waals surface area contributed by atoms with Gasteiger partial charge in [-0.25, -0.2) is 9.98 Å². The first kappa shape index (κ1) is 17.0. The molecule has 24 heavy (non-hydrogen) atoms. The van der Waals surface area contributed by atoms with E-state index in [1.807, 2.05) is 42.6 Å². The van der Waals surface area contributed by atoms with E-state index >= 15 is 0 Å². The van der Waals surface area contributed by atoms with Crippen molar-refractivity contribution in [1.29, 1.82) is 0 Å². The van der Waals surface area contributed by atoms with Gasteiger partial charge >= 0.3 is 0 Å². The number of benzene rings is 1. The standard InChI is InChI=1S/C19H24N4S/c1-3-22(4-2)13-14-23-15-16-9-8-12-20-18(16)24-19(23)21-17-10-6-5-7-11-17/h5-12H,3-4,13-15H2,1-2H3. The quantitative estimate of drug-likeness (QED) is 0.795. The molecule has 3 rings (SSSR count). The van der Waals surface area contributed by atoms with Crippen LogP contribution in [0.25, 0.3) is 0 Å². The van der Waals surface area contributed by atoms with Crippen molar-refractivity contribution < 1.29 is 0 Å². The van der Waals surface area contributed by atoms with E-state index in [0.717, 1.165) is 48.6 Å². The molecule has 2 aromatic rings. The molecule has 1 aromatic carbocycles. The lowest BCUT2D eigenvalue weighted by Gasteiger charge is -2.32. The average Bonchev–Trinajstić information content (AvgIpc) is 2.63. The van der Waals surface area contributed by atoms with Crippen LogP contribution in [0.2, 0.25) is 0 Å². The lowest BCUT2D eigenvalue weighted by atomic mass is 10.2. The summed E-state index contributed by atoms with van der Waals surface area (Å²) in [5.41, 5.74) is 2.28. The normalized spacial score (nSPS) is 15.8. The van der Waals surface area contributed by atoms with E-state index in [0.29, 0.717) is 0 Å². The van der Waals surface area contributed by atoms with Gasteiger partial charge in [-0.05, 0) is 43.1 Å². The Hall–Kier alpha value is -1.85. The van der Waals surface area contributed by atoms with Crippen LogP contribution < -0.4 is 0 Å². The van der Waals surface area contributed by atoms with Crippen LogP contribution in [0, 0.1) is 0 Å². The van der Waals surface area contributed by atoms with Crippen molar-refractivity contribution in [2.24, 2.45) is 4.99 Å². The van der Waals surface area contributed by atoms with Gasteiger partial charge in [0.25, 0.3) is 0 Å². The Bertz CT molecular complexity index is 683. The fourth-order valence-corrected chi connectivity index (χ4v) is 3.73. The van der Waals surface area contributed by atoms with Gasteiger partial charge in [0.1, 0.15) is 5.03 Å². The van der Waals surface area contributed by atoms with Crippen molar-refractivity contribution >= 4 is 22.6 Å². The van der Waals surface area contributed by atoms with Crippen molar-refractivity contribution in [2.75, 3.05) is 26.2 Å². The van der Waals surface area contributed by atoms with Crippen LogP contribution in [-0.4, -0.2) is 46.1 Å². The summed E-state index contributed by atoms with van der Waals surface area (Å²) in [7, 11) is 0. The highest BCUT2D eigenvalue weighted by Crippen LogP contribution is 2.31. The summed E-state index contributed by atoms with van der Waals surface area (Å²) in [5.74, 6) is 0. The number of aromatic nitrogens is 1.